The van der Waals surface area contributed by atoms with E-state index in [0.717, 1.165) is 31.5 Å². The van der Waals surface area contributed by atoms with E-state index in [9.17, 15) is 13.6 Å². The summed E-state index contributed by atoms with van der Waals surface area (Å²) in [7, 11) is 0. The zero-order chi connectivity index (χ0) is 18.1. The number of carbonyl (C=O) groups excluding carboxylic acids is 1. The van der Waals surface area contributed by atoms with E-state index in [0.29, 0.717) is 13.1 Å². The second-order valence-electron chi connectivity index (χ2n) is 7.35. The zero-order valence-electron chi connectivity index (χ0n) is 14.6. The van der Waals surface area contributed by atoms with Gasteiger partial charge in [0.15, 0.2) is 11.6 Å². The number of piperidine rings is 1. The van der Waals surface area contributed by atoms with Crippen molar-refractivity contribution in [3.05, 3.63) is 71.3 Å². The van der Waals surface area contributed by atoms with Crippen molar-refractivity contribution < 1.29 is 13.6 Å². The second kappa shape index (κ2) is 6.80. The molecule has 0 aliphatic carbocycles. The number of nitrogens with one attached hydrogen (secondary N) is 1. The molecule has 0 bridgehead atoms. The van der Waals surface area contributed by atoms with Crippen LogP contribution < -0.4 is 5.32 Å². The highest BCUT2D eigenvalue weighted by molar-refractivity contribution is 5.86. The zero-order valence-corrected chi connectivity index (χ0v) is 14.6. The fourth-order valence-electron chi connectivity index (χ4n) is 4.43. The van der Waals surface area contributed by atoms with E-state index in [1.807, 2.05) is 18.2 Å². The first-order valence-electron chi connectivity index (χ1n) is 9.08. The first-order chi connectivity index (χ1) is 12.6. The number of halogens is 2. The Morgan fingerprint density at radius 2 is 1.77 bits per heavy atom. The molecule has 2 aliphatic heterocycles. The van der Waals surface area contributed by atoms with Gasteiger partial charge in [-0.2, -0.15) is 0 Å². The monoisotopic (exact) mass is 356 g/mol. The van der Waals surface area contributed by atoms with Crippen LogP contribution in [-0.2, 0) is 11.3 Å². The highest BCUT2D eigenvalue weighted by atomic mass is 19.2. The van der Waals surface area contributed by atoms with E-state index in [1.54, 1.807) is 6.07 Å². The Morgan fingerprint density at radius 3 is 2.46 bits per heavy atom. The summed E-state index contributed by atoms with van der Waals surface area (Å²) in [6.45, 7) is 2.81. The molecule has 4 rings (SSSR count). The third kappa shape index (κ3) is 3.01. The highest BCUT2D eigenvalue weighted by Gasteiger charge is 2.51. The molecule has 1 spiro atoms. The van der Waals surface area contributed by atoms with Crippen LogP contribution in [0.1, 0.15) is 29.9 Å². The number of hydrogen-bond donors (Lipinski definition) is 1. The molecule has 3 nitrogen and oxygen atoms in total. The van der Waals surface area contributed by atoms with Crippen molar-refractivity contribution in [3.8, 4) is 0 Å². The molecule has 2 saturated heterocycles. The number of benzene rings is 2. The summed E-state index contributed by atoms with van der Waals surface area (Å²) in [5.74, 6) is -1.28. The van der Waals surface area contributed by atoms with Crippen LogP contribution >= 0.6 is 0 Å². The van der Waals surface area contributed by atoms with Gasteiger partial charge >= 0.3 is 0 Å². The maximum atomic E-state index is 13.4. The normalized spacial score (nSPS) is 22.5. The lowest BCUT2D eigenvalue weighted by Crippen LogP contribution is -2.45. The fourth-order valence-corrected chi connectivity index (χ4v) is 4.43. The van der Waals surface area contributed by atoms with Gasteiger partial charge in [-0.1, -0.05) is 36.4 Å². The van der Waals surface area contributed by atoms with Crippen molar-refractivity contribution in [2.75, 3.05) is 19.6 Å². The predicted octanol–water partition coefficient (Wildman–Crippen LogP) is 3.46. The molecule has 0 saturated carbocycles. The molecule has 2 heterocycles. The molecular formula is C21H22F2N2O. The van der Waals surface area contributed by atoms with Crippen molar-refractivity contribution in [1.82, 2.24) is 10.2 Å². The minimum absolute atomic E-state index is 0.152. The van der Waals surface area contributed by atoms with E-state index in [1.165, 1.54) is 17.7 Å². The minimum Gasteiger partial charge on any atom is -0.355 e. The summed E-state index contributed by atoms with van der Waals surface area (Å²) < 4.78 is 26.5. The van der Waals surface area contributed by atoms with E-state index < -0.39 is 11.6 Å². The van der Waals surface area contributed by atoms with Gasteiger partial charge in [0.2, 0.25) is 5.91 Å². The smallest absolute Gasteiger partial charge is 0.227 e. The molecular weight excluding hydrogens is 334 g/mol. The van der Waals surface area contributed by atoms with Gasteiger partial charge in [-0.25, -0.2) is 8.78 Å². The topological polar surface area (TPSA) is 32.3 Å². The van der Waals surface area contributed by atoms with Gasteiger partial charge < -0.3 is 5.32 Å². The third-order valence-corrected chi connectivity index (χ3v) is 5.93. The van der Waals surface area contributed by atoms with Crippen LogP contribution in [0.4, 0.5) is 8.78 Å². The molecule has 2 aromatic carbocycles. The Balaban J connectivity index is 1.47. The van der Waals surface area contributed by atoms with Crippen LogP contribution in [0.5, 0.6) is 0 Å². The molecule has 26 heavy (non-hydrogen) atoms. The van der Waals surface area contributed by atoms with Gasteiger partial charge in [-0.15, -0.1) is 0 Å². The van der Waals surface area contributed by atoms with Gasteiger partial charge in [0.05, 0.1) is 5.41 Å². The first-order valence-corrected chi connectivity index (χ1v) is 9.08. The Bertz CT molecular complexity index is 801. The lowest BCUT2D eigenvalue weighted by atomic mass is 9.68. The van der Waals surface area contributed by atoms with Crippen LogP contribution in [0.15, 0.2) is 48.5 Å². The van der Waals surface area contributed by atoms with Gasteiger partial charge in [0.25, 0.3) is 0 Å². The SMILES string of the molecule is O=C1NCC(c2ccccc2)C12CCN(Cc1ccc(F)c(F)c1)CC2. The number of hydrogen-bond acceptors (Lipinski definition) is 2. The number of nitrogens with zero attached hydrogens (tertiary/aromatic N) is 1. The van der Waals surface area contributed by atoms with Crippen molar-refractivity contribution >= 4 is 5.91 Å². The van der Waals surface area contributed by atoms with Crippen molar-refractivity contribution in [2.24, 2.45) is 5.41 Å². The largest absolute Gasteiger partial charge is 0.355 e. The number of likely N-dealkylation sites (tertiary alicyclic amines) is 1. The molecule has 0 radical (unpaired) electrons. The van der Waals surface area contributed by atoms with Crippen molar-refractivity contribution in [3.63, 3.8) is 0 Å². The first kappa shape index (κ1) is 17.2. The van der Waals surface area contributed by atoms with E-state index in [-0.39, 0.29) is 17.2 Å². The summed E-state index contributed by atoms with van der Waals surface area (Å²) >= 11 is 0. The van der Waals surface area contributed by atoms with Gasteiger partial charge in [0, 0.05) is 19.0 Å². The summed E-state index contributed by atoms with van der Waals surface area (Å²) in [5.41, 5.74) is 1.61. The maximum Gasteiger partial charge on any atom is 0.227 e. The molecule has 2 aromatic rings. The molecule has 1 amide bonds. The summed E-state index contributed by atoms with van der Waals surface area (Å²) in [4.78, 5) is 14.9. The number of rotatable bonds is 3. The standard InChI is InChI=1S/C21H22F2N2O/c22-18-7-6-15(12-19(18)23)14-25-10-8-21(9-11-25)17(13-24-20(21)26)16-4-2-1-3-5-16/h1-7,12,17H,8-11,13-14H2,(H,24,26). The van der Waals surface area contributed by atoms with Crippen LogP contribution in [0.25, 0.3) is 0 Å². The Kier molecular flexibility index (Phi) is 4.49. The van der Waals surface area contributed by atoms with E-state index >= 15 is 0 Å². The van der Waals surface area contributed by atoms with Crippen molar-refractivity contribution in [1.29, 1.82) is 0 Å². The quantitative estimate of drug-likeness (QED) is 0.913. The predicted molar refractivity (Wildman–Crippen MR) is 95.5 cm³/mol. The van der Waals surface area contributed by atoms with E-state index in [2.05, 4.69) is 22.3 Å². The van der Waals surface area contributed by atoms with E-state index in [4.69, 9.17) is 0 Å². The highest BCUT2D eigenvalue weighted by Crippen LogP contribution is 2.47. The molecule has 0 aromatic heterocycles. The molecule has 2 aliphatic rings. The maximum absolute atomic E-state index is 13.4. The van der Waals surface area contributed by atoms with Crippen LogP contribution in [0, 0.1) is 17.0 Å². The lowest BCUT2D eigenvalue weighted by molar-refractivity contribution is -0.130. The fraction of sp³-hybridized carbons (Fsp3) is 0.381. The lowest BCUT2D eigenvalue weighted by Gasteiger charge is -2.41. The van der Waals surface area contributed by atoms with Crippen molar-refractivity contribution in [2.45, 2.75) is 25.3 Å². The van der Waals surface area contributed by atoms with Crippen LogP contribution in [-0.4, -0.2) is 30.4 Å². The second-order valence-corrected chi connectivity index (χ2v) is 7.35. The van der Waals surface area contributed by atoms with Crippen LogP contribution in [0.3, 0.4) is 0 Å². The summed E-state index contributed by atoms with van der Waals surface area (Å²) in [6, 6.07) is 14.3. The molecule has 2 fully saturated rings. The Hall–Kier alpha value is -2.27. The molecule has 5 heteroatoms. The van der Waals surface area contributed by atoms with Gasteiger partial charge in [-0.3, -0.25) is 9.69 Å². The average Bonchev–Trinajstić information content (AvgIpc) is 2.97. The summed E-state index contributed by atoms with van der Waals surface area (Å²) in [6.07, 6.45) is 1.56. The van der Waals surface area contributed by atoms with Gasteiger partial charge in [-0.05, 0) is 49.2 Å². The summed E-state index contributed by atoms with van der Waals surface area (Å²) in [5, 5.41) is 3.06. The Labute approximate surface area is 152 Å². The number of carbonyl (C=O) groups is 1. The van der Waals surface area contributed by atoms with Gasteiger partial charge in [0.1, 0.15) is 0 Å². The third-order valence-electron chi connectivity index (χ3n) is 5.93. The Morgan fingerprint density at radius 1 is 1.04 bits per heavy atom. The molecule has 1 atom stereocenters. The van der Waals surface area contributed by atoms with Crippen LogP contribution in [0.2, 0.25) is 0 Å². The molecule has 1 unspecified atom stereocenters. The molecule has 1 N–H and O–H groups in total. The molecule has 136 valence electrons. The number of amides is 1. The average molecular weight is 356 g/mol. The minimum atomic E-state index is -0.820.